The van der Waals surface area contributed by atoms with Gasteiger partial charge in [0.15, 0.2) is 0 Å². The lowest BCUT2D eigenvalue weighted by Crippen LogP contribution is -2.15. The number of pyridine rings is 1. The molecule has 0 aliphatic heterocycles. The summed E-state index contributed by atoms with van der Waals surface area (Å²) in [5.74, 6) is -0.245. The SMILES string of the molecule is Cc1ccc2nc(C)c(C(=O)Nc3cccc(C#N)c3)n2c1. The highest BCUT2D eigenvalue weighted by atomic mass is 16.2. The van der Waals surface area contributed by atoms with Gasteiger partial charge in [0.25, 0.3) is 5.91 Å². The van der Waals surface area contributed by atoms with Crippen molar-refractivity contribution < 1.29 is 4.79 Å². The van der Waals surface area contributed by atoms with E-state index in [2.05, 4.69) is 16.4 Å². The number of carbonyl (C=O) groups is 1. The van der Waals surface area contributed by atoms with Crippen LogP contribution in [0.15, 0.2) is 42.6 Å². The Labute approximate surface area is 127 Å². The molecule has 5 heteroatoms. The number of nitrogens with zero attached hydrogens (tertiary/aromatic N) is 3. The molecular weight excluding hydrogens is 276 g/mol. The smallest absolute Gasteiger partial charge is 0.274 e. The molecule has 0 atom stereocenters. The molecule has 0 aliphatic carbocycles. The fourth-order valence-corrected chi connectivity index (χ4v) is 2.40. The molecule has 0 fully saturated rings. The van der Waals surface area contributed by atoms with E-state index >= 15 is 0 Å². The third-order valence-corrected chi connectivity index (χ3v) is 3.41. The van der Waals surface area contributed by atoms with Crippen molar-refractivity contribution in [3.8, 4) is 6.07 Å². The Bertz CT molecular complexity index is 918. The van der Waals surface area contributed by atoms with E-state index in [1.54, 1.807) is 28.7 Å². The van der Waals surface area contributed by atoms with Crippen LogP contribution in [-0.2, 0) is 0 Å². The van der Waals surface area contributed by atoms with Crippen LogP contribution in [0, 0.1) is 25.2 Å². The molecule has 2 heterocycles. The molecule has 22 heavy (non-hydrogen) atoms. The molecule has 1 N–H and O–H groups in total. The molecule has 0 aliphatic rings. The Morgan fingerprint density at radius 1 is 1.27 bits per heavy atom. The van der Waals surface area contributed by atoms with Gasteiger partial charge >= 0.3 is 0 Å². The molecule has 0 saturated heterocycles. The number of aryl methyl sites for hydroxylation is 2. The summed E-state index contributed by atoms with van der Waals surface area (Å²) in [5, 5.41) is 11.7. The highest BCUT2D eigenvalue weighted by Gasteiger charge is 2.16. The predicted molar refractivity (Wildman–Crippen MR) is 83.8 cm³/mol. The molecule has 0 spiro atoms. The zero-order valence-corrected chi connectivity index (χ0v) is 12.3. The van der Waals surface area contributed by atoms with E-state index < -0.39 is 0 Å². The molecule has 0 radical (unpaired) electrons. The van der Waals surface area contributed by atoms with Crippen LogP contribution in [0.3, 0.4) is 0 Å². The van der Waals surface area contributed by atoms with Crippen LogP contribution < -0.4 is 5.32 Å². The van der Waals surface area contributed by atoms with E-state index in [4.69, 9.17) is 5.26 Å². The lowest BCUT2D eigenvalue weighted by atomic mass is 10.2. The first-order valence-electron chi connectivity index (χ1n) is 6.85. The van der Waals surface area contributed by atoms with Gasteiger partial charge in [-0.1, -0.05) is 12.1 Å². The van der Waals surface area contributed by atoms with Gasteiger partial charge in [0.1, 0.15) is 11.3 Å². The number of carbonyl (C=O) groups excluding carboxylic acids is 1. The Balaban J connectivity index is 2.00. The van der Waals surface area contributed by atoms with Crippen LogP contribution in [0.1, 0.15) is 27.3 Å². The van der Waals surface area contributed by atoms with Crippen molar-refractivity contribution in [2.45, 2.75) is 13.8 Å². The number of rotatable bonds is 2. The summed E-state index contributed by atoms with van der Waals surface area (Å²) >= 11 is 0. The minimum Gasteiger partial charge on any atom is -0.321 e. The van der Waals surface area contributed by atoms with Crippen molar-refractivity contribution in [1.82, 2.24) is 9.38 Å². The predicted octanol–water partition coefficient (Wildman–Crippen LogP) is 3.08. The summed E-state index contributed by atoms with van der Waals surface area (Å²) in [7, 11) is 0. The fourth-order valence-electron chi connectivity index (χ4n) is 2.40. The minimum atomic E-state index is -0.245. The number of nitriles is 1. The molecule has 3 aromatic rings. The molecule has 5 nitrogen and oxygen atoms in total. The van der Waals surface area contributed by atoms with Crippen LogP contribution in [0.5, 0.6) is 0 Å². The zero-order valence-electron chi connectivity index (χ0n) is 12.3. The summed E-state index contributed by atoms with van der Waals surface area (Å²) in [6.45, 7) is 3.77. The molecule has 108 valence electrons. The molecule has 1 aromatic carbocycles. The first-order valence-corrected chi connectivity index (χ1v) is 6.85. The number of hydrogen-bond donors (Lipinski definition) is 1. The first-order chi connectivity index (χ1) is 10.6. The second-order valence-corrected chi connectivity index (χ2v) is 5.13. The summed E-state index contributed by atoms with van der Waals surface area (Å²) in [5.41, 5.74) is 4.04. The average molecular weight is 290 g/mol. The maximum absolute atomic E-state index is 12.6. The molecular formula is C17H14N4O. The molecule has 3 rings (SSSR count). The Morgan fingerprint density at radius 3 is 2.86 bits per heavy atom. The standard InChI is InChI=1S/C17H14N4O/c1-11-6-7-15-19-12(2)16(21(15)10-11)17(22)20-14-5-3-4-13(8-14)9-18/h3-8,10H,1-2H3,(H,20,22). The number of anilines is 1. The molecule has 1 amide bonds. The van der Waals surface area contributed by atoms with Gasteiger partial charge in [0.05, 0.1) is 17.3 Å². The Hall–Kier alpha value is -3.13. The quantitative estimate of drug-likeness (QED) is 0.788. The second-order valence-electron chi connectivity index (χ2n) is 5.13. The van der Waals surface area contributed by atoms with Crippen molar-refractivity contribution in [2.24, 2.45) is 0 Å². The zero-order chi connectivity index (χ0) is 15.7. The lowest BCUT2D eigenvalue weighted by molar-refractivity contribution is 0.102. The Kier molecular flexibility index (Phi) is 3.36. The van der Waals surface area contributed by atoms with E-state index in [0.29, 0.717) is 22.6 Å². The monoisotopic (exact) mass is 290 g/mol. The van der Waals surface area contributed by atoms with Crippen molar-refractivity contribution in [1.29, 1.82) is 5.26 Å². The van der Waals surface area contributed by atoms with Crippen molar-refractivity contribution in [3.63, 3.8) is 0 Å². The first kappa shape index (κ1) is 13.8. The van der Waals surface area contributed by atoms with Gasteiger partial charge in [0.2, 0.25) is 0 Å². The van der Waals surface area contributed by atoms with Gasteiger partial charge in [0, 0.05) is 11.9 Å². The van der Waals surface area contributed by atoms with Crippen LogP contribution >= 0.6 is 0 Å². The van der Waals surface area contributed by atoms with Gasteiger partial charge < -0.3 is 5.32 Å². The topological polar surface area (TPSA) is 70.2 Å². The van der Waals surface area contributed by atoms with Crippen LogP contribution in [0.2, 0.25) is 0 Å². The van der Waals surface area contributed by atoms with Gasteiger partial charge in [-0.05, 0) is 43.7 Å². The van der Waals surface area contributed by atoms with Crippen molar-refractivity contribution in [3.05, 3.63) is 65.1 Å². The molecule has 2 aromatic heterocycles. The summed E-state index contributed by atoms with van der Waals surface area (Å²) in [6.07, 6.45) is 1.88. The van der Waals surface area contributed by atoms with E-state index in [0.717, 1.165) is 11.2 Å². The number of hydrogen-bond acceptors (Lipinski definition) is 3. The average Bonchev–Trinajstić information content (AvgIpc) is 2.82. The van der Waals surface area contributed by atoms with Gasteiger partial charge in [-0.2, -0.15) is 5.26 Å². The number of nitrogens with one attached hydrogen (secondary N) is 1. The maximum atomic E-state index is 12.6. The maximum Gasteiger partial charge on any atom is 0.274 e. The minimum absolute atomic E-state index is 0.245. The molecule has 0 saturated carbocycles. The third kappa shape index (κ3) is 2.42. The van der Waals surface area contributed by atoms with E-state index in [9.17, 15) is 4.79 Å². The Morgan fingerprint density at radius 2 is 2.09 bits per heavy atom. The van der Waals surface area contributed by atoms with Gasteiger partial charge in [-0.15, -0.1) is 0 Å². The third-order valence-electron chi connectivity index (χ3n) is 3.41. The second kappa shape index (κ2) is 5.34. The van der Waals surface area contributed by atoms with Crippen LogP contribution in [-0.4, -0.2) is 15.3 Å². The van der Waals surface area contributed by atoms with Crippen molar-refractivity contribution in [2.75, 3.05) is 5.32 Å². The lowest BCUT2D eigenvalue weighted by Gasteiger charge is -2.06. The number of imidazole rings is 1. The van der Waals surface area contributed by atoms with Crippen molar-refractivity contribution >= 4 is 17.2 Å². The van der Waals surface area contributed by atoms with Crippen LogP contribution in [0.25, 0.3) is 5.65 Å². The van der Waals surface area contributed by atoms with E-state index in [-0.39, 0.29) is 5.91 Å². The number of amides is 1. The summed E-state index contributed by atoms with van der Waals surface area (Å²) < 4.78 is 1.79. The highest BCUT2D eigenvalue weighted by molar-refractivity contribution is 6.04. The summed E-state index contributed by atoms with van der Waals surface area (Å²) in [6, 6.07) is 12.7. The number of fused-ring (bicyclic) bond motifs is 1. The molecule has 0 unspecified atom stereocenters. The van der Waals surface area contributed by atoms with E-state index in [1.165, 1.54) is 0 Å². The fraction of sp³-hybridized carbons (Fsp3) is 0.118. The normalized spacial score (nSPS) is 10.4. The number of aromatic nitrogens is 2. The number of benzene rings is 1. The summed E-state index contributed by atoms with van der Waals surface area (Å²) in [4.78, 5) is 17.0. The largest absolute Gasteiger partial charge is 0.321 e. The van der Waals surface area contributed by atoms with Gasteiger partial charge in [-0.3, -0.25) is 9.20 Å². The van der Waals surface area contributed by atoms with E-state index in [1.807, 2.05) is 32.2 Å². The molecule has 0 bridgehead atoms. The van der Waals surface area contributed by atoms with Gasteiger partial charge in [-0.25, -0.2) is 4.98 Å². The highest BCUT2D eigenvalue weighted by Crippen LogP contribution is 2.16. The van der Waals surface area contributed by atoms with Crippen LogP contribution in [0.4, 0.5) is 5.69 Å².